The third kappa shape index (κ3) is 6.46. The Morgan fingerprint density at radius 2 is 1.58 bits per heavy atom. The molecule has 3 fully saturated rings. The van der Waals surface area contributed by atoms with E-state index in [0.717, 1.165) is 58.5 Å². The summed E-state index contributed by atoms with van der Waals surface area (Å²) in [6, 6.07) is 0.737. The molecule has 0 aliphatic carbocycles. The fourth-order valence-corrected chi connectivity index (χ4v) is 4.13. The van der Waals surface area contributed by atoms with Crippen molar-refractivity contribution in [1.29, 1.82) is 0 Å². The van der Waals surface area contributed by atoms with Gasteiger partial charge in [-0.1, -0.05) is 0 Å². The van der Waals surface area contributed by atoms with E-state index in [4.69, 9.17) is 9.47 Å². The molecule has 0 saturated carbocycles. The first kappa shape index (κ1) is 20.0. The topological polar surface area (TPSA) is 48.5 Å². The highest BCUT2D eigenvalue weighted by Crippen LogP contribution is 2.18. The number of hydrogen-bond donors (Lipinski definition) is 0. The van der Waals surface area contributed by atoms with Gasteiger partial charge in [0.1, 0.15) is 6.61 Å². The molecule has 7 nitrogen and oxygen atoms in total. The van der Waals surface area contributed by atoms with Gasteiger partial charge in [-0.3, -0.25) is 14.6 Å². The van der Waals surface area contributed by atoms with Crippen molar-refractivity contribution in [2.45, 2.75) is 25.3 Å². The molecule has 0 atom stereocenters. The summed E-state index contributed by atoms with van der Waals surface area (Å²) in [5.41, 5.74) is 0. The van der Waals surface area contributed by atoms with E-state index in [2.05, 4.69) is 26.6 Å². The Labute approximate surface area is 158 Å². The zero-order chi connectivity index (χ0) is 18.2. The fraction of sp³-hybridized carbons (Fsp3) is 0.947. The Bertz CT molecular complexity index is 415. The Morgan fingerprint density at radius 3 is 2.27 bits per heavy atom. The number of rotatable bonds is 7. The normalized spacial score (nSPS) is 25.4. The molecule has 0 amide bonds. The van der Waals surface area contributed by atoms with Crippen molar-refractivity contribution in [3.05, 3.63) is 0 Å². The van der Waals surface area contributed by atoms with E-state index in [-0.39, 0.29) is 5.97 Å². The number of carbonyl (C=O) groups excluding carboxylic acids is 1. The van der Waals surface area contributed by atoms with Gasteiger partial charge < -0.3 is 19.3 Å². The molecule has 0 bridgehead atoms. The van der Waals surface area contributed by atoms with E-state index >= 15 is 0 Å². The van der Waals surface area contributed by atoms with Crippen LogP contribution in [0.15, 0.2) is 0 Å². The van der Waals surface area contributed by atoms with Crippen LogP contribution >= 0.6 is 0 Å². The highest BCUT2D eigenvalue weighted by molar-refractivity contribution is 5.69. The van der Waals surface area contributed by atoms with E-state index in [1.165, 1.54) is 39.0 Å². The molecule has 0 unspecified atom stereocenters. The number of hydrogen-bond acceptors (Lipinski definition) is 7. The Hall–Kier alpha value is -0.730. The van der Waals surface area contributed by atoms with E-state index in [1.807, 2.05) is 0 Å². The molecule has 3 heterocycles. The molecule has 0 radical (unpaired) electrons. The summed E-state index contributed by atoms with van der Waals surface area (Å²) < 4.78 is 10.7. The predicted molar refractivity (Wildman–Crippen MR) is 101 cm³/mol. The van der Waals surface area contributed by atoms with Crippen LogP contribution in [0.3, 0.4) is 0 Å². The lowest BCUT2D eigenvalue weighted by molar-refractivity contribution is -0.144. The van der Waals surface area contributed by atoms with Crippen LogP contribution in [0.25, 0.3) is 0 Å². The molecular weight excluding hydrogens is 332 g/mol. The number of piperazine rings is 1. The summed E-state index contributed by atoms with van der Waals surface area (Å²) in [6.45, 7) is 12.6. The standard InChI is InChI=1S/C19H36N4O3/c1-20-8-10-23(11-9-20)18-2-5-21(6-3-18)7-4-19(24)26-17-14-22-12-15-25-16-13-22/h18H,2-17H2,1H3. The van der Waals surface area contributed by atoms with Crippen LogP contribution in [0, 0.1) is 0 Å². The first-order chi connectivity index (χ1) is 12.7. The Morgan fingerprint density at radius 1 is 0.923 bits per heavy atom. The summed E-state index contributed by atoms with van der Waals surface area (Å²) >= 11 is 0. The molecule has 0 aromatic rings. The van der Waals surface area contributed by atoms with Gasteiger partial charge in [0.15, 0.2) is 0 Å². The number of nitrogens with zero attached hydrogens (tertiary/aromatic N) is 4. The minimum atomic E-state index is -0.0561. The van der Waals surface area contributed by atoms with Gasteiger partial charge in [0.05, 0.1) is 19.6 Å². The van der Waals surface area contributed by atoms with Crippen LogP contribution in [-0.2, 0) is 14.3 Å². The van der Waals surface area contributed by atoms with E-state index < -0.39 is 0 Å². The average Bonchev–Trinajstić information content (AvgIpc) is 2.68. The summed E-state index contributed by atoms with van der Waals surface area (Å²) in [6.07, 6.45) is 2.98. The second kappa shape index (κ2) is 10.6. The molecule has 150 valence electrons. The van der Waals surface area contributed by atoms with Crippen molar-refractivity contribution in [2.24, 2.45) is 0 Å². The third-order valence-corrected chi connectivity index (χ3v) is 6.02. The van der Waals surface area contributed by atoms with Crippen LogP contribution in [0.5, 0.6) is 0 Å². The molecule has 3 aliphatic heterocycles. The first-order valence-corrected chi connectivity index (χ1v) is 10.3. The summed E-state index contributed by atoms with van der Waals surface area (Å²) in [5.74, 6) is -0.0561. The van der Waals surface area contributed by atoms with E-state index in [1.54, 1.807) is 0 Å². The number of likely N-dealkylation sites (tertiary alicyclic amines) is 1. The van der Waals surface area contributed by atoms with Crippen molar-refractivity contribution >= 4 is 5.97 Å². The van der Waals surface area contributed by atoms with Gasteiger partial charge in [-0.15, -0.1) is 0 Å². The largest absolute Gasteiger partial charge is 0.464 e. The molecule has 0 spiro atoms. The van der Waals surface area contributed by atoms with Gasteiger partial charge in [0, 0.05) is 58.4 Å². The van der Waals surface area contributed by atoms with Crippen LogP contribution < -0.4 is 0 Å². The van der Waals surface area contributed by atoms with E-state index in [0.29, 0.717) is 13.0 Å². The van der Waals surface area contributed by atoms with Crippen LogP contribution in [0.4, 0.5) is 0 Å². The van der Waals surface area contributed by atoms with Crippen molar-refractivity contribution in [3.63, 3.8) is 0 Å². The molecule has 0 N–H and O–H groups in total. The van der Waals surface area contributed by atoms with Gasteiger partial charge in [-0.25, -0.2) is 0 Å². The molecule has 0 aromatic heterocycles. The molecule has 3 saturated heterocycles. The number of likely N-dealkylation sites (N-methyl/N-ethyl adjacent to an activating group) is 1. The third-order valence-electron chi connectivity index (χ3n) is 6.02. The SMILES string of the molecule is CN1CCN(C2CCN(CCC(=O)OCCN3CCOCC3)CC2)CC1. The van der Waals surface area contributed by atoms with Crippen LogP contribution in [0.2, 0.25) is 0 Å². The Kier molecular flexibility index (Phi) is 8.13. The number of morpholine rings is 1. The Balaban J connectivity index is 1.23. The van der Waals surface area contributed by atoms with Gasteiger partial charge in [0.25, 0.3) is 0 Å². The highest BCUT2D eigenvalue weighted by Gasteiger charge is 2.26. The lowest BCUT2D eigenvalue weighted by Gasteiger charge is -2.42. The van der Waals surface area contributed by atoms with Gasteiger partial charge >= 0.3 is 5.97 Å². The van der Waals surface area contributed by atoms with Gasteiger partial charge in [0.2, 0.25) is 0 Å². The molecule has 26 heavy (non-hydrogen) atoms. The van der Waals surface area contributed by atoms with Crippen molar-refractivity contribution < 1.29 is 14.3 Å². The maximum atomic E-state index is 12.0. The lowest BCUT2D eigenvalue weighted by Crippen LogP contribution is -2.52. The molecular formula is C19H36N4O3. The summed E-state index contributed by atoms with van der Waals surface area (Å²) in [5, 5.41) is 0. The molecule has 3 aliphatic rings. The minimum absolute atomic E-state index is 0.0561. The molecule has 7 heteroatoms. The van der Waals surface area contributed by atoms with Crippen molar-refractivity contribution in [1.82, 2.24) is 19.6 Å². The van der Waals surface area contributed by atoms with Crippen molar-refractivity contribution in [3.8, 4) is 0 Å². The van der Waals surface area contributed by atoms with Gasteiger partial charge in [-0.2, -0.15) is 0 Å². The fourth-order valence-electron chi connectivity index (χ4n) is 4.13. The average molecular weight is 369 g/mol. The quantitative estimate of drug-likeness (QED) is 0.585. The second-order valence-corrected chi connectivity index (χ2v) is 7.84. The minimum Gasteiger partial charge on any atom is -0.464 e. The lowest BCUT2D eigenvalue weighted by atomic mass is 10.0. The van der Waals surface area contributed by atoms with Crippen LogP contribution in [-0.4, -0.2) is 124 Å². The number of ether oxygens (including phenoxy) is 2. The van der Waals surface area contributed by atoms with Crippen LogP contribution in [0.1, 0.15) is 19.3 Å². The molecule has 0 aromatic carbocycles. The monoisotopic (exact) mass is 368 g/mol. The zero-order valence-corrected chi connectivity index (χ0v) is 16.4. The number of piperidine rings is 1. The van der Waals surface area contributed by atoms with E-state index in [9.17, 15) is 4.79 Å². The van der Waals surface area contributed by atoms with Crippen molar-refractivity contribution in [2.75, 3.05) is 92.3 Å². The summed E-state index contributed by atoms with van der Waals surface area (Å²) in [4.78, 5) is 21.8. The van der Waals surface area contributed by atoms with Gasteiger partial charge in [-0.05, 0) is 33.0 Å². The maximum Gasteiger partial charge on any atom is 0.307 e. The first-order valence-electron chi connectivity index (χ1n) is 10.3. The zero-order valence-electron chi connectivity index (χ0n) is 16.4. The molecule has 3 rings (SSSR count). The number of carbonyl (C=O) groups is 1. The predicted octanol–water partition coefficient (Wildman–Crippen LogP) is -0.0363. The summed E-state index contributed by atoms with van der Waals surface area (Å²) in [7, 11) is 2.21. The number of esters is 1. The maximum absolute atomic E-state index is 12.0. The smallest absolute Gasteiger partial charge is 0.307 e. The highest BCUT2D eigenvalue weighted by atomic mass is 16.5. The second-order valence-electron chi connectivity index (χ2n) is 7.84.